The zero-order chi connectivity index (χ0) is 19.1. The molecule has 0 spiro atoms. The van der Waals surface area contributed by atoms with E-state index in [-0.39, 0.29) is 23.4 Å². The second-order valence-corrected chi connectivity index (χ2v) is 6.11. The maximum absolute atomic E-state index is 13.8. The maximum Gasteiger partial charge on any atom is 0.319 e. The zero-order valence-corrected chi connectivity index (χ0v) is 14.8. The number of amides is 4. The van der Waals surface area contributed by atoms with Crippen LogP contribution in [0.25, 0.3) is 0 Å². The van der Waals surface area contributed by atoms with Gasteiger partial charge in [0.25, 0.3) is 0 Å². The van der Waals surface area contributed by atoms with Crippen molar-refractivity contribution in [3.63, 3.8) is 0 Å². The van der Waals surface area contributed by atoms with Crippen LogP contribution in [0.3, 0.4) is 0 Å². The molecule has 0 aromatic heterocycles. The summed E-state index contributed by atoms with van der Waals surface area (Å²) in [4.78, 5) is 36.6. The first-order valence-electron chi connectivity index (χ1n) is 8.27. The lowest BCUT2D eigenvalue weighted by molar-refractivity contribution is -0.128. The molecule has 0 radical (unpaired) electrons. The SMILES string of the molecule is COCCN1CC(CNC(=O)Nc2cc(NC(C)=O)ccc2F)CC1=O. The molecule has 1 atom stereocenters. The van der Waals surface area contributed by atoms with Crippen molar-refractivity contribution in [1.82, 2.24) is 10.2 Å². The third-order valence-electron chi connectivity index (χ3n) is 3.95. The lowest BCUT2D eigenvalue weighted by Gasteiger charge is -2.16. The van der Waals surface area contributed by atoms with Crippen LogP contribution >= 0.6 is 0 Å². The monoisotopic (exact) mass is 366 g/mol. The molecular formula is C17H23FN4O4. The molecular weight excluding hydrogens is 343 g/mol. The van der Waals surface area contributed by atoms with E-state index in [4.69, 9.17) is 4.74 Å². The third kappa shape index (κ3) is 5.69. The van der Waals surface area contributed by atoms with Crippen LogP contribution in [-0.2, 0) is 14.3 Å². The van der Waals surface area contributed by atoms with Gasteiger partial charge in [-0.15, -0.1) is 0 Å². The molecule has 0 bridgehead atoms. The van der Waals surface area contributed by atoms with E-state index in [2.05, 4.69) is 16.0 Å². The van der Waals surface area contributed by atoms with E-state index in [1.807, 2.05) is 0 Å². The van der Waals surface area contributed by atoms with Gasteiger partial charge >= 0.3 is 6.03 Å². The van der Waals surface area contributed by atoms with Crippen LogP contribution in [0.5, 0.6) is 0 Å². The highest BCUT2D eigenvalue weighted by Crippen LogP contribution is 2.20. The van der Waals surface area contributed by atoms with Crippen molar-refractivity contribution in [2.45, 2.75) is 13.3 Å². The van der Waals surface area contributed by atoms with Crippen molar-refractivity contribution < 1.29 is 23.5 Å². The van der Waals surface area contributed by atoms with Gasteiger partial charge in [0.1, 0.15) is 5.82 Å². The van der Waals surface area contributed by atoms with E-state index in [0.717, 1.165) is 6.07 Å². The van der Waals surface area contributed by atoms with Crippen molar-refractivity contribution in [1.29, 1.82) is 0 Å². The number of hydrogen-bond acceptors (Lipinski definition) is 4. The van der Waals surface area contributed by atoms with Gasteiger partial charge in [-0.25, -0.2) is 9.18 Å². The summed E-state index contributed by atoms with van der Waals surface area (Å²) in [7, 11) is 1.57. The van der Waals surface area contributed by atoms with Gasteiger partial charge in [-0.1, -0.05) is 0 Å². The average molecular weight is 366 g/mol. The molecule has 9 heteroatoms. The molecule has 1 unspecified atom stereocenters. The van der Waals surface area contributed by atoms with E-state index in [1.54, 1.807) is 12.0 Å². The Labute approximate surface area is 151 Å². The van der Waals surface area contributed by atoms with Crippen LogP contribution in [0.4, 0.5) is 20.6 Å². The third-order valence-corrected chi connectivity index (χ3v) is 3.95. The Bertz CT molecular complexity index is 683. The van der Waals surface area contributed by atoms with Gasteiger partial charge in [-0.3, -0.25) is 9.59 Å². The van der Waals surface area contributed by atoms with Crippen LogP contribution in [0, 0.1) is 11.7 Å². The lowest BCUT2D eigenvalue weighted by atomic mass is 10.1. The van der Waals surface area contributed by atoms with E-state index >= 15 is 0 Å². The van der Waals surface area contributed by atoms with Crippen LogP contribution in [0.1, 0.15) is 13.3 Å². The fourth-order valence-electron chi connectivity index (χ4n) is 2.71. The molecule has 1 fully saturated rings. The minimum Gasteiger partial charge on any atom is -0.383 e. The predicted octanol–water partition coefficient (Wildman–Crippen LogP) is 1.40. The van der Waals surface area contributed by atoms with E-state index in [0.29, 0.717) is 38.3 Å². The van der Waals surface area contributed by atoms with Crippen molar-refractivity contribution in [3.05, 3.63) is 24.0 Å². The number of halogens is 1. The highest BCUT2D eigenvalue weighted by atomic mass is 19.1. The normalized spacial score (nSPS) is 16.5. The van der Waals surface area contributed by atoms with Crippen molar-refractivity contribution in [2.24, 2.45) is 5.92 Å². The number of likely N-dealkylation sites (tertiary alicyclic amines) is 1. The van der Waals surface area contributed by atoms with Gasteiger partial charge in [-0.05, 0) is 18.2 Å². The fraction of sp³-hybridized carbons (Fsp3) is 0.471. The molecule has 142 valence electrons. The Morgan fingerprint density at radius 3 is 2.81 bits per heavy atom. The first kappa shape index (κ1) is 19.6. The number of anilines is 2. The summed E-state index contributed by atoms with van der Waals surface area (Å²) in [5.74, 6) is -0.879. The number of carbonyl (C=O) groups excluding carboxylic acids is 3. The van der Waals surface area contributed by atoms with E-state index in [9.17, 15) is 18.8 Å². The number of urea groups is 1. The predicted molar refractivity (Wildman–Crippen MR) is 94.3 cm³/mol. The number of benzene rings is 1. The number of rotatable bonds is 7. The molecule has 3 N–H and O–H groups in total. The van der Waals surface area contributed by atoms with Crippen molar-refractivity contribution >= 4 is 29.2 Å². The Kier molecular flexibility index (Phi) is 6.90. The highest BCUT2D eigenvalue weighted by molar-refractivity contribution is 5.92. The van der Waals surface area contributed by atoms with Crippen LogP contribution in [0.2, 0.25) is 0 Å². The molecule has 1 heterocycles. The summed E-state index contributed by atoms with van der Waals surface area (Å²) in [6.07, 6.45) is 0.358. The number of methoxy groups -OCH3 is 1. The number of nitrogens with zero attached hydrogens (tertiary/aromatic N) is 1. The molecule has 4 amide bonds. The minimum atomic E-state index is -0.615. The first-order chi connectivity index (χ1) is 12.4. The zero-order valence-electron chi connectivity index (χ0n) is 14.8. The topological polar surface area (TPSA) is 99.8 Å². The summed E-state index contributed by atoms with van der Waals surface area (Å²) in [5, 5.41) is 7.57. The smallest absolute Gasteiger partial charge is 0.319 e. The number of nitrogens with one attached hydrogen (secondary N) is 3. The summed E-state index contributed by atoms with van der Waals surface area (Å²) in [6.45, 7) is 3.18. The van der Waals surface area contributed by atoms with Gasteiger partial charge in [-0.2, -0.15) is 0 Å². The van der Waals surface area contributed by atoms with Gasteiger partial charge < -0.3 is 25.6 Å². The molecule has 1 aromatic rings. The van der Waals surface area contributed by atoms with Crippen molar-refractivity contribution in [3.8, 4) is 0 Å². The van der Waals surface area contributed by atoms with E-state index < -0.39 is 11.8 Å². The molecule has 2 rings (SSSR count). The molecule has 1 saturated heterocycles. The number of carbonyl (C=O) groups is 3. The fourth-order valence-corrected chi connectivity index (χ4v) is 2.71. The molecule has 8 nitrogen and oxygen atoms in total. The molecule has 1 aliphatic heterocycles. The number of ether oxygens (including phenoxy) is 1. The molecule has 26 heavy (non-hydrogen) atoms. The number of hydrogen-bond donors (Lipinski definition) is 3. The van der Waals surface area contributed by atoms with Gasteiger partial charge in [0, 0.05) is 51.7 Å². The summed E-state index contributed by atoms with van der Waals surface area (Å²) in [6, 6.07) is 3.32. The first-order valence-corrected chi connectivity index (χ1v) is 8.27. The van der Waals surface area contributed by atoms with Crippen LogP contribution < -0.4 is 16.0 Å². The maximum atomic E-state index is 13.8. The summed E-state index contributed by atoms with van der Waals surface area (Å²) >= 11 is 0. The molecule has 1 aromatic carbocycles. The Balaban J connectivity index is 1.84. The Morgan fingerprint density at radius 1 is 1.35 bits per heavy atom. The van der Waals surface area contributed by atoms with E-state index in [1.165, 1.54) is 19.1 Å². The van der Waals surface area contributed by atoms with Crippen molar-refractivity contribution in [2.75, 3.05) is 44.0 Å². The Morgan fingerprint density at radius 2 is 2.12 bits per heavy atom. The van der Waals surface area contributed by atoms with Crippen LogP contribution in [0.15, 0.2) is 18.2 Å². The Hall–Kier alpha value is -2.68. The average Bonchev–Trinajstić information content (AvgIpc) is 2.93. The van der Waals surface area contributed by atoms with Crippen LogP contribution in [-0.4, -0.2) is 56.1 Å². The van der Waals surface area contributed by atoms with Gasteiger partial charge in [0.15, 0.2) is 0 Å². The molecule has 0 saturated carbocycles. The standard InChI is InChI=1S/C17H23FN4O4/c1-11(23)20-13-3-4-14(18)15(8-13)21-17(25)19-9-12-7-16(24)22(10-12)5-6-26-2/h3-4,8,12H,5-7,9-10H2,1-2H3,(H,20,23)(H2,19,21,25). The highest BCUT2D eigenvalue weighted by Gasteiger charge is 2.29. The summed E-state index contributed by atoms with van der Waals surface area (Å²) in [5.41, 5.74) is 0.336. The molecule has 0 aliphatic carbocycles. The van der Waals surface area contributed by atoms with Gasteiger partial charge in [0.05, 0.1) is 12.3 Å². The second-order valence-electron chi connectivity index (χ2n) is 6.11. The quantitative estimate of drug-likeness (QED) is 0.679. The largest absolute Gasteiger partial charge is 0.383 e. The minimum absolute atomic E-state index is 0.000618. The van der Waals surface area contributed by atoms with Gasteiger partial charge in [0.2, 0.25) is 11.8 Å². The molecule has 1 aliphatic rings. The summed E-state index contributed by atoms with van der Waals surface area (Å²) < 4.78 is 18.8. The lowest BCUT2D eigenvalue weighted by Crippen LogP contribution is -2.35. The second kappa shape index (κ2) is 9.14.